The minimum atomic E-state index is -0.463. The first kappa shape index (κ1) is 13.9. The molecule has 104 valence electrons. The lowest BCUT2D eigenvalue weighted by Crippen LogP contribution is -2.45. The first-order valence-corrected chi connectivity index (χ1v) is 6.76. The van der Waals surface area contributed by atoms with Crippen molar-refractivity contribution in [3.63, 3.8) is 0 Å². The quantitative estimate of drug-likeness (QED) is 0.631. The van der Waals surface area contributed by atoms with Crippen LogP contribution < -0.4 is 0 Å². The van der Waals surface area contributed by atoms with Crippen molar-refractivity contribution in [3.8, 4) is 0 Å². The van der Waals surface area contributed by atoms with Crippen molar-refractivity contribution in [2.75, 3.05) is 13.1 Å². The van der Waals surface area contributed by atoms with Gasteiger partial charge in [0.2, 0.25) is 0 Å². The van der Waals surface area contributed by atoms with Gasteiger partial charge in [0.15, 0.2) is 0 Å². The predicted octanol–water partition coefficient (Wildman–Crippen LogP) is 2.72. The third-order valence-electron chi connectivity index (χ3n) is 3.85. The van der Waals surface area contributed by atoms with Gasteiger partial charge in [0.05, 0.1) is 0 Å². The van der Waals surface area contributed by atoms with Gasteiger partial charge in [-0.25, -0.2) is 9.59 Å². The van der Waals surface area contributed by atoms with Crippen LogP contribution in [0.15, 0.2) is 17.7 Å². The lowest BCUT2D eigenvalue weighted by atomic mass is 9.74. The maximum absolute atomic E-state index is 12.0. The van der Waals surface area contributed by atoms with Gasteiger partial charge in [-0.05, 0) is 40.0 Å². The van der Waals surface area contributed by atoms with Crippen LogP contribution in [0.5, 0.6) is 0 Å². The minimum absolute atomic E-state index is 0.0831. The molecule has 1 aliphatic heterocycles. The number of rotatable bonds is 0. The molecule has 0 radical (unpaired) electrons. The Morgan fingerprint density at radius 1 is 1.37 bits per heavy atom. The summed E-state index contributed by atoms with van der Waals surface area (Å²) in [5.74, 6) is 2.05. The number of carbonyl (C=O) groups is 1. The fourth-order valence-electron chi connectivity index (χ4n) is 2.75. The molecule has 1 spiro atoms. The average Bonchev–Trinajstić information content (AvgIpc) is 2.70. The molecular formula is C15H21NO3. The second-order valence-electron chi connectivity index (χ2n) is 6.37. The van der Waals surface area contributed by atoms with Gasteiger partial charge in [0, 0.05) is 24.1 Å². The zero-order chi connectivity index (χ0) is 14.1. The third kappa shape index (κ3) is 2.90. The van der Waals surface area contributed by atoms with Gasteiger partial charge < -0.3 is 9.64 Å². The Labute approximate surface area is 114 Å². The Hall–Kier alpha value is -1.54. The van der Waals surface area contributed by atoms with E-state index in [9.17, 15) is 9.59 Å². The lowest BCUT2D eigenvalue weighted by Gasteiger charge is -2.39. The van der Waals surface area contributed by atoms with E-state index in [0.29, 0.717) is 13.1 Å². The zero-order valence-electron chi connectivity index (χ0n) is 11.9. The van der Waals surface area contributed by atoms with Crippen LogP contribution in [0.25, 0.3) is 0 Å². The topological polar surface area (TPSA) is 46.6 Å². The fourth-order valence-corrected chi connectivity index (χ4v) is 2.75. The summed E-state index contributed by atoms with van der Waals surface area (Å²) in [4.78, 5) is 24.7. The maximum atomic E-state index is 12.0. The van der Waals surface area contributed by atoms with Crippen molar-refractivity contribution >= 4 is 12.0 Å². The Bertz CT molecular complexity index is 445. The molecule has 0 aromatic carbocycles. The van der Waals surface area contributed by atoms with Crippen molar-refractivity contribution in [2.45, 2.75) is 45.6 Å². The monoisotopic (exact) mass is 263 g/mol. The second kappa shape index (κ2) is 4.86. The van der Waals surface area contributed by atoms with Crippen LogP contribution in [0.4, 0.5) is 4.79 Å². The molecule has 0 unspecified atom stereocenters. The molecule has 4 nitrogen and oxygen atoms in total. The highest BCUT2D eigenvalue weighted by Gasteiger charge is 2.41. The number of hydrogen-bond acceptors (Lipinski definition) is 3. The van der Waals surface area contributed by atoms with Gasteiger partial charge in [-0.3, -0.25) is 0 Å². The summed E-state index contributed by atoms with van der Waals surface area (Å²) in [6, 6.07) is 0. The highest BCUT2D eigenvalue weighted by molar-refractivity contribution is 5.68. The van der Waals surface area contributed by atoms with E-state index < -0.39 is 5.60 Å². The van der Waals surface area contributed by atoms with Gasteiger partial charge in [-0.1, -0.05) is 12.2 Å². The van der Waals surface area contributed by atoms with E-state index >= 15 is 0 Å². The van der Waals surface area contributed by atoms with Crippen LogP contribution in [-0.2, 0) is 9.53 Å². The highest BCUT2D eigenvalue weighted by atomic mass is 16.6. The predicted molar refractivity (Wildman–Crippen MR) is 72.4 cm³/mol. The van der Waals surface area contributed by atoms with Crippen LogP contribution >= 0.6 is 0 Å². The molecule has 19 heavy (non-hydrogen) atoms. The van der Waals surface area contributed by atoms with Crippen LogP contribution in [-0.4, -0.2) is 35.6 Å². The summed E-state index contributed by atoms with van der Waals surface area (Å²) < 4.78 is 5.37. The zero-order valence-corrected chi connectivity index (χ0v) is 11.9. The molecule has 0 aromatic heterocycles. The molecule has 2 rings (SSSR count). The molecule has 0 aromatic rings. The van der Waals surface area contributed by atoms with Gasteiger partial charge in [0.25, 0.3) is 0 Å². The minimum Gasteiger partial charge on any atom is -0.444 e. The molecule has 4 heteroatoms. The largest absolute Gasteiger partial charge is 0.444 e. The molecule has 0 atom stereocenters. The van der Waals surface area contributed by atoms with Crippen LogP contribution in [0.3, 0.4) is 0 Å². The molecule has 1 heterocycles. The Morgan fingerprint density at radius 3 is 2.53 bits per heavy atom. The lowest BCUT2D eigenvalue weighted by molar-refractivity contribution is 0.0143. The van der Waals surface area contributed by atoms with E-state index in [0.717, 1.165) is 24.8 Å². The normalized spacial score (nSPS) is 21.6. The first-order chi connectivity index (χ1) is 8.86. The SMILES string of the molecule is CC(C)(C)OC(=O)N1CCC2(CC=CC2=C=O)CC1. The highest BCUT2D eigenvalue weighted by Crippen LogP contribution is 2.45. The molecule has 1 aliphatic carbocycles. The van der Waals surface area contributed by atoms with Crippen LogP contribution in [0.1, 0.15) is 40.0 Å². The van der Waals surface area contributed by atoms with E-state index in [-0.39, 0.29) is 11.5 Å². The summed E-state index contributed by atoms with van der Waals surface area (Å²) in [6.07, 6.45) is 6.15. The Kier molecular flexibility index (Phi) is 3.55. The number of likely N-dealkylation sites (tertiary alicyclic amines) is 1. The maximum Gasteiger partial charge on any atom is 0.410 e. The molecule has 0 bridgehead atoms. The first-order valence-electron chi connectivity index (χ1n) is 6.76. The van der Waals surface area contributed by atoms with E-state index in [2.05, 4.69) is 5.94 Å². The number of amides is 1. The molecule has 2 aliphatic rings. The average molecular weight is 263 g/mol. The summed E-state index contributed by atoms with van der Waals surface area (Å²) in [7, 11) is 0. The summed E-state index contributed by atoms with van der Waals surface area (Å²) >= 11 is 0. The molecule has 1 amide bonds. The van der Waals surface area contributed by atoms with Crippen molar-refractivity contribution in [1.29, 1.82) is 0 Å². The van der Waals surface area contributed by atoms with E-state index in [1.54, 1.807) is 4.90 Å². The Balaban J connectivity index is 1.97. The van der Waals surface area contributed by atoms with Crippen molar-refractivity contribution in [2.24, 2.45) is 5.41 Å². The molecule has 1 saturated heterocycles. The number of piperidine rings is 1. The van der Waals surface area contributed by atoms with Gasteiger partial charge in [0.1, 0.15) is 11.5 Å². The number of carbonyl (C=O) groups excluding carboxylic acids is 2. The van der Waals surface area contributed by atoms with Crippen molar-refractivity contribution in [3.05, 3.63) is 17.7 Å². The van der Waals surface area contributed by atoms with Crippen LogP contribution in [0.2, 0.25) is 0 Å². The molecule has 0 saturated carbocycles. The summed E-state index contributed by atoms with van der Waals surface area (Å²) in [5.41, 5.74) is 0.214. The molecule has 0 N–H and O–H groups in total. The molecule has 1 fully saturated rings. The van der Waals surface area contributed by atoms with Crippen LogP contribution in [0, 0.1) is 5.41 Å². The van der Waals surface area contributed by atoms with E-state index in [4.69, 9.17) is 4.74 Å². The second-order valence-corrected chi connectivity index (χ2v) is 6.37. The molecular weight excluding hydrogens is 242 g/mol. The number of nitrogens with zero attached hydrogens (tertiary/aromatic N) is 1. The van der Waals surface area contributed by atoms with E-state index in [1.165, 1.54) is 0 Å². The number of hydrogen-bond donors (Lipinski definition) is 0. The summed E-state index contributed by atoms with van der Waals surface area (Å²) in [5, 5.41) is 0. The Morgan fingerprint density at radius 2 is 2.00 bits per heavy atom. The van der Waals surface area contributed by atoms with Crippen molar-refractivity contribution in [1.82, 2.24) is 4.90 Å². The van der Waals surface area contributed by atoms with Gasteiger partial charge in [-0.2, -0.15) is 0 Å². The summed E-state index contributed by atoms with van der Waals surface area (Å²) in [6.45, 7) is 6.88. The van der Waals surface area contributed by atoms with Gasteiger partial charge in [-0.15, -0.1) is 0 Å². The number of allylic oxidation sites excluding steroid dienone is 3. The van der Waals surface area contributed by atoms with Gasteiger partial charge >= 0.3 is 6.09 Å². The van der Waals surface area contributed by atoms with E-state index in [1.807, 2.05) is 32.9 Å². The number of ether oxygens (including phenoxy) is 1. The standard InChI is InChI=1S/C15H21NO3/c1-14(2,3)19-13(18)16-9-7-15(8-10-16)6-4-5-12(15)11-17/h4-5H,6-10H2,1-3H3. The fraction of sp³-hybridized carbons (Fsp3) is 0.667. The smallest absolute Gasteiger partial charge is 0.410 e. The van der Waals surface area contributed by atoms with Crippen molar-refractivity contribution < 1.29 is 14.3 Å². The third-order valence-corrected chi connectivity index (χ3v) is 3.85.